The number of aliphatic carboxylic acids is 1. The topological polar surface area (TPSA) is 79.3 Å². The number of carbonyl (C=O) groups is 2. The van der Waals surface area contributed by atoms with E-state index in [2.05, 4.69) is 10.3 Å². The van der Waals surface area contributed by atoms with Crippen molar-refractivity contribution in [2.24, 2.45) is 0 Å². The molecule has 0 aliphatic heterocycles. The number of hydrogen-bond donors (Lipinski definition) is 2. The average Bonchev–Trinajstić information content (AvgIpc) is 3.11. The molecule has 138 valence electrons. The molecule has 0 spiro atoms. The van der Waals surface area contributed by atoms with Crippen LogP contribution in [0.3, 0.4) is 0 Å². The van der Waals surface area contributed by atoms with Crippen LogP contribution >= 0.6 is 11.3 Å². The SMILES string of the molecule is O=C(O)CC(NC(=O)c1csc(-c2ccccc2F)n1)c1ccccc1F. The third kappa shape index (κ3) is 4.35. The van der Waals surface area contributed by atoms with Gasteiger partial charge in [-0.3, -0.25) is 9.59 Å². The van der Waals surface area contributed by atoms with Gasteiger partial charge in [0.15, 0.2) is 0 Å². The Hall–Kier alpha value is -3.13. The quantitative estimate of drug-likeness (QED) is 0.668. The smallest absolute Gasteiger partial charge is 0.305 e. The van der Waals surface area contributed by atoms with Crippen LogP contribution < -0.4 is 5.32 Å². The summed E-state index contributed by atoms with van der Waals surface area (Å²) in [5.74, 6) is -2.93. The van der Waals surface area contributed by atoms with Crippen LogP contribution in [0.15, 0.2) is 53.9 Å². The average molecular weight is 388 g/mol. The third-order valence-corrected chi connectivity index (χ3v) is 4.68. The molecular formula is C19H14F2N2O3S. The first-order chi connectivity index (χ1) is 13.0. The van der Waals surface area contributed by atoms with Crippen LogP contribution in [0.5, 0.6) is 0 Å². The zero-order valence-electron chi connectivity index (χ0n) is 13.9. The lowest BCUT2D eigenvalue weighted by Gasteiger charge is -2.17. The van der Waals surface area contributed by atoms with Crippen molar-refractivity contribution in [1.82, 2.24) is 10.3 Å². The third-order valence-electron chi connectivity index (χ3n) is 3.81. The zero-order chi connectivity index (χ0) is 19.4. The van der Waals surface area contributed by atoms with Crippen LogP contribution in [-0.2, 0) is 4.79 Å². The standard InChI is InChI=1S/C19H14F2N2O3S/c20-13-7-3-1-5-11(13)15(9-17(24)25)22-18(26)16-10-27-19(23-16)12-6-2-4-8-14(12)21/h1-8,10,15H,9H2,(H,22,26)(H,24,25). The summed E-state index contributed by atoms with van der Waals surface area (Å²) in [5.41, 5.74) is 0.334. The molecule has 0 aliphatic rings. The second kappa shape index (κ2) is 8.05. The number of hydrogen-bond acceptors (Lipinski definition) is 4. The number of carbonyl (C=O) groups excluding carboxylic acids is 1. The molecule has 0 aliphatic carbocycles. The Morgan fingerprint density at radius 1 is 1.07 bits per heavy atom. The predicted octanol–water partition coefficient (Wildman–Crippen LogP) is 4.03. The zero-order valence-corrected chi connectivity index (χ0v) is 14.7. The largest absolute Gasteiger partial charge is 0.481 e. The molecule has 0 fully saturated rings. The highest BCUT2D eigenvalue weighted by atomic mass is 32.1. The molecule has 8 heteroatoms. The van der Waals surface area contributed by atoms with E-state index in [9.17, 15) is 18.4 Å². The highest BCUT2D eigenvalue weighted by Gasteiger charge is 2.23. The number of nitrogens with zero attached hydrogens (tertiary/aromatic N) is 1. The summed E-state index contributed by atoms with van der Waals surface area (Å²) in [6, 6.07) is 10.6. The molecule has 2 N–H and O–H groups in total. The number of benzene rings is 2. The molecule has 3 rings (SSSR count). The van der Waals surface area contributed by atoms with Crippen LogP contribution in [-0.4, -0.2) is 22.0 Å². The number of carboxylic acids is 1. The van der Waals surface area contributed by atoms with Gasteiger partial charge in [0.2, 0.25) is 0 Å². The van der Waals surface area contributed by atoms with E-state index in [1.807, 2.05) is 0 Å². The lowest BCUT2D eigenvalue weighted by Crippen LogP contribution is -2.31. The van der Waals surface area contributed by atoms with Crippen LogP contribution in [0.1, 0.15) is 28.5 Å². The molecule has 3 aromatic rings. The van der Waals surface area contributed by atoms with Gasteiger partial charge in [-0.2, -0.15) is 0 Å². The fraction of sp³-hybridized carbons (Fsp3) is 0.105. The Labute approximate surface area is 157 Å². The van der Waals surface area contributed by atoms with Gasteiger partial charge in [-0.1, -0.05) is 30.3 Å². The minimum absolute atomic E-state index is 0.00461. The number of amides is 1. The van der Waals surface area contributed by atoms with Crippen molar-refractivity contribution >= 4 is 23.2 Å². The fourth-order valence-corrected chi connectivity index (χ4v) is 3.37. The second-order valence-electron chi connectivity index (χ2n) is 5.66. The maximum atomic E-state index is 14.0. The molecular weight excluding hydrogens is 374 g/mol. The van der Waals surface area contributed by atoms with Crippen molar-refractivity contribution in [2.75, 3.05) is 0 Å². The van der Waals surface area contributed by atoms with Gasteiger partial charge in [0.05, 0.1) is 12.5 Å². The molecule has 0 saturated heterocycles. The summed E-state index contributed by atoms with van der Waals surface area (Å²) in [7, 11) is 0. The molecule has 1 heterocycles. The molecule has 2 aromatic carbocycles. The van der Waals surface area contributed by atoms with Crippen molar-refractivity contribution in [3.8, 4) is 10.6 Å². The molecule has 0 radical (unpaired) electrons. The summed E-state index contributed by atoms with van der Waals surface area (Å²) in [6.07, 6.45) is -0.489. The van der Waals surface area contributed by atoms with Gasteiger partial charge in [0.1, 0.15) is 22.3 Å². The van der Waals surface area contributed by atoms with Crippen LogP contribution in [0.4, 0.5) is 8.78 Å². The van der Waals surface area contributed by atoms with E-state index in [1.165, 1.54) is 29.6 Å². The molecule has 0 bridgehead atoms. The minimum Gasteiger partial charge on any atom is -0.481 e. The van der Waals surface area contributed by atoms with E-state index < -0.39 is 36.0 Å². The van der Waals surface area contributed by atoms with Crippen molar-refractivity contribution in [3.05, 3.63) is 76.8 Å². The Morgan fingerprint density at radius 2 is 1.74 bits per heavy atom. The predicted molar refractivity (Wildman–Crippen MR) is 96.4 cm³/mol. The van der Waals surface area contributed by atoms with Crippen LogP contribution in [0.2, 0.25) is 0 Å². The number of carboxylic acid groups (broad SMARTS) is 1. The number of rotatable bonds is 6. The van der Waals surface area contributed by atoms with Crippen molar-refractivity contribution in [3.63, 3.8) is 0 Å². The highest BCUT2D eigenvalue weighted by molar-refractivity contribution is 7.13. The second-order valence-corrected chi connectivity index (χ2v) is 6.52. The van der Waals surface area contributed by atoms with Crippen molar-refractivity contribution < 1.29 is 23.5 Å². The van der Waals surface area contributed by atoms with Gasteiger partial charge in [0.25, 0.3) is 5.91 Å². The Bertz CT molecular complexity index is 990. The molecule has 5 nitrogen and oxygen atoms in total. The minimum atomic E-state index is -1.19. The first-order valence-electron chi connectivity index (χ1n) is 7.93. The number of aromatic nitrogens is 1. The van der Waals surface area contributed by atoms with E-state index in [-0.39, 0.29) is 16.8 Å². The lowest BCUT2D eigenvalue weighted by molar-refractivity contribution is -0.137. The molecule has 0 saturated carbocycles. The van der Waals surface area contributed by atoms with E-state index in [4.69, 9.17) is 5.11 Å². The van der Waals surface area contributed by atoms with E-state index in [0.717, 1.165) is 11.3 Å². The first kappa shape index (κ1) is 18.7. The van der Waals surface area contributed by atoms with Gasteiger partial charge in [0, 0.05) is 16.5 Å². The number of nitrogens with one attached hydrogen (secondary N) is 1. The summed E-state index contributed by atoms with van der Waals surface area (Å²) in [5, 5.41) is 13.3. The van der Waals surface area contributed by atoms with Crippen molar-refractivity contribution in [2.45, 2.75) is 12.5 Å². The Balaban J connectivity index is 1.83. The van der Waals surface area contributed by atoms with Gasteiger partial charge in [-0.05, 0) is 18.2 Å². The Morgan fingerprint density at radius 3 is 2.41 bits per heavy atom. The van der Waals surface area contributed by atoms with E-state index >= 15 is 0 Å². The molecule has 1 aromatic heterocycles. The van der Waals surface area contributed by atoms with Gasteiger partial charge in [-0.15, -0.1) is 11.3 Å². The summed E-state index contributed by atoms with van der Waals surface area (Å²) in [6.45, 7) is 0. The van der Waals surface area contributed by atoms with E-state index in [0.29, 0.717) is 5.01 Å². The number of thiazole rings is 1. The molecule has 1 amide bonds. The lowest BCUT2D eigenvalue weighted by atomic mass is 10.0. The first-order valence-corrected chi connectivity index (χ1v) is 8.81. The maximum absolute atomic E-state index is 14.0. The van der Waals surface area contributed by atoms with Gasteiger partial charge >= 0.3 is 5.97 Å². The molecule has 1 unspecified atom stereocenters. The molecule has 1 atom stereocenters. The van der Waals surface area contributed by atoms with E-state index in [1.54, 1.807) is 24.3 Å². The van der Waals surface area contributed by atoms with Crippen LogP contribution in [0.25, 0.3) is 10.6 Å². The highest BCUT2D eigenvalue weighted by Crippen LogP contribution is 2.27. The maximum Gasteiger partial charge on any atom is 0.305 e. The Kier molecular flexibility index (Phi) is 5.56. The van der Waals surface area contributed by atoms with Crippen LogP contribution in [0, 0.1) is 11.6 Å². The summed E-state index contributed by atoms with van der Waals surface area (Å²) < 4.78 is 27.9. The summed E-state index contributed by atoms with van der Waals surface area (Å²) >= 11 is 1.08. The van der Waals surface area contributed by atoms with Gasteiger partial charge in [-0.25, -0.2) is 13.8 Å². The van der Waals surface area contributed by atoms with Gasteiger partial charge < -0.3 is 10.4 Å². The summed E-state index contributed by atoms with van der Waals surface area (Å²) in [4.78, 5) is 27.7. The number of halogens is 2. The fourth-order valence-electron chi connectivity index (χ4n) is 2.54. The monoisotopic (exact) mass is 388 g/mol. The van der Waals surface area contributed by atoms with Crippen molar-refractivity contribution in [1.29, 1.82) is 0 Å². The normalized spacial score (nSPS) is 11.8. The molecule has 27 heavy (non-hydrogen) atoms.